The fourth-order valence-corrected chi connectivity index (χ4v) is 1.71. The van der Waals surface area contributed by atoms with E-state index in [1.54, 1.807) is 0 Å². The van der Waals surface area contributed by atoms with Crippen molar-refractivity contribution >= 4 is 5.91 Å². The monoisotopic (exact) mass is 262 g/mol. The normalized spacial score (nSPS) is 21.7. The lowest BCUT2D eigenvalue weighted by molar-refractivity contribution is -0.144. The van der Waals surface area contributed by atoms with Crippen LogP contribution in [-0.2, 0) is 17.5 Å². The Hall–Kier alpha value is -1.60. The molecule has 1 atom stereocenters. The molecule has 2 N–H and O–H groups in total. The van der Waals surface area contributed by atoms with E-state index < -0.39 is 12.0 Å². The van der Waals surface area contributed by atoms with E-state index in [1.165, 1.54) is 0 Å². The second-order valence-corrected chi connectivity index (χ2v) is 5.07. The van der Waals surface area contributed by atoms with Gasteiger partial charge in [0.2, 0.25) is 5.91 Å². The Balaban J connectivity index is 1.88. The molecule has 1 aromatic rings. The predicted molar refractivity (Wildman–Crippen MR) is 55.1 cm³/mol. The van der Waals surface area contributed by atoms with E-state index in [9.17, 15) is 18.0 Å². The fraction of sp³-hybridized carbons (Fsp3) is 0.700. The molecule has 100 valence electrons. The first kappa shape index (κ1) is 12.8. The first-order chi connectivity index (χ1) is 8.20. The molecular formula is C10H13F3N4O. The topological polar surface area (TPSA) is 70.7 Å². The van der Waals surface area contributed by atoms with Gasteiger partial charge in [0.25, 0.3) is 5.82 Å². The van der Waals surface area contributed by atoms with Gasteiger partial charge >= 0.3 is 6.18 Å². The molecule has 0 spiro atoms. The van der Waals surface area contributed by atoms with E-state index in [0.29, 0.717) is 0 Å². The van der Waals surface area contributed by atoms with Gasteiger partial charge in [-0.1, -0.05) is 13.8 Å². The fourth-order valence-electron chi connectivity index (χ4n) is 1.71. The largest absolute Gasteiger partial charge is 0.453 e. The van der Waals surface area contributed by atoms with Crippen molar-refractivity contribution in [1.82, 2.24) is 20.5 Å². The molecule has 0 unspecified atom stereocenters. The second-order valence-electron chi connectivity index (χ2n) is 5.07. The molecule has 0 bridgehead atoms. The van der Waals surface area contributed by atoms with Gasteiger partial charge in [-0.2, -0.15) is 13.2 Å². The van der Waals surface area contributed by atoms with Crippen LogP contribution in [0.4, 0.5) is 13.2 Å². The number of carbonyl (C=O) groups excluding carboxylic acids is 1. The summed E-state index contributed by atoms with van der Waals surface area (Å²) in [5.74, 6) is -1.46. The summed E-state index contributed by atoms with van der Waals surface area (Å²) in [6.45, 7) is 3.86. The summed E-state index contributed by atoms with van der Waals surface area (Å²) in [4.78, 5) is 14.9. The SMILES string of the molecule is CC1(C)C[C@@H]1C(=O)NCc1nc(C(F)(F)F)n[nH]1. The van der Waals surface area contributed by atoms with Gasteiger partial charge in [0.15, 0.2) is 0 Å². The van der Waals surface area contributed by atoms with Crippen LogP contribution in [0.3, 0.4) is 0 Å². The maximum Gasteiger partial charge on any atom is 0.453 e. The van der Waals surface area contributed by atoms with Crippen LogP contribution < -0.4 is 5.32 Å². The molecule has 0 saturated heterocycles. The molecule has 18 heavy (non-hydrogen) atoms. The Bertz CT molecular complexity index is 466. The summed E-state index contributed by atoms with van der Waals surface area (Å²) in [6, 6.07) is 0. The van der Waals surface area contributed by atoms with E-state index in [-0.39, 0.29) is 29.6 Å². The van der Waals surface area contributed by atoms with Gasteiger partial charge in [-0.05, 0) is 11.8 Å². The third-order valence-electron chi connectivity index (χ3n) is 3.05. The molecule has 0 aromatic carbocycles. The Kier molecular flexibility index (Phi) is 2.83. The number of halogens is 3. The van der Waals surface area contributed by atoms with Crippen LogP contribution >= 0.6 is 0 Å². The van der Waals surface area contributed by atoms with Crippen molar-refractivity contribution in [1.29, 1.82) is 0 Å². The zero-order valence-corrected chi connectivity index (χ0v) is 9.93. The highest BCUT2D eigenvalue weighted by Crippen LogP contribution is 2.51. The second kappa shape index (κ2) is 3.96. The molecule has 0 radical (unpaired) electrons. The third kappa shape index (κ3) is 2.62. The van der Waals surface area contributed by atoms with Gasteiger partial charge in [0, 0.05) is 5.92 Å². The molecule has 5 nitrogen and oxygen atoms in total. The lowest BCUT2D eigenvalue weighted by Gasteiger charge is -2.04. The summed E-state index contributed by atoms with van der Waals surface area (Å²) in [5.41, 5.74) is -0.0113. The zero-order chi connectivity index (χ0) is 13.6. The lowest BCUT2D eigenvalue weighted by atomic mass is 10.1. The number of aromatic nitrogens is 3. The van der Waals surface area contributed by atoms with Crippen LogP contribution in [0.25, 0.3) is 0 Å². The van der Waals surface area contributed by atoms with Crippen LogP contribution in [-0.4, -0.2) is 21.1 Å². The Labute approximate surface area is 101 Å². The Morgan fingerprint density at radius 2 is 2.17 bits per heavy atom. The Morgan fingerprint density at radius 1 is 1.56 bits per heavy atom. The average molecular weight is 262 g/mol. The summed E-state index contributed by atoms with van der Waals surface area (Å²) < 4.78 is 36.6. The van der Waals surface area contributed by atoms with Gasteiger partial charge in [-0.3, -0.25) is 9.89 Å². The summed E-state index contributed by atoms with van der Waals surface area (Å²) >= 11 is 0. The first-order valence-electron chi connectivity index (χ1n) is 5.46. The minimum absolute atomic E-state index is 0.00543. The number of H-pyrrole nitrogens is 1. The van der Waals surface area contributed by atoms with Crippen LogP contribution in [0, 0.1) is 11.3 Å². The number of nitrogens with zero attached hydrogens (tertiary/aromatic N) is 2. The maximum absolute atomic E-state index is 12.2. The number of nitrogens with one attached hydrogen (secondary N) is 2. The predicted octanol–water partition coefficient (Wildman–Crippen LogP) is 1.49. The van der Waals surface area contributed by atoms with E-state index in [4.69, 9.17) is 0 Å². The quantitative estimate of drug-likeness (QED) is 0.866. The maximum atomic E-state index is 12.2. The number of amides is 1. The number of rotatable bonds is 3. The number of carbonyl (C=O) groups is 1. The van der Waals surface area contributed by atoms with Crippen molar-refractivity contribution in [2.75, 3.05) is 0 Å². The Morgan fingerprint density at radius 3 is 2.61 bits per heavy atom. The van der Waals surface area contributed by atoms with Crippen molar-refractivity contribution in [3.8, 4) is 0 Å². The standard InChI is InChI=1S/C10H13F3N4O/c1-9(2)3-5(9)7(18)14-4-6-15-8(17-16-6)10(11,12)13/h5H,3-4H2,1-2H3,(H,14,18)(H,15,16,17)/t5-/m1/s1. The molecule has 1 saturated carbocycles. The minimum atomic E-state index is -4.57. The van der Waals surface area contributed by atoms with Crippen molar-refractivity contribution in [3.63, 3.8) is 0 Å². The van der Waals surface area contributed by atoms with Gasteiger partial charge in [0.1, 0.15) is 5.82 Å². The van der Waals surface area contributed by atoms with E-state index >= 15 is 0 Å². The molecule has 1 heterocycles. The molecule has 8 heteroatoms. The molecule has 1 aromatic heterocycles. The summed E-state index contributed by atoms with van der Waals surface area (Å²) in [6.07, 6.45) is -3.78. The van der Waals surface area contributed by atoms with Crippen molar-refractivity contribution in [3.05, 3.63) is 11.6 Å². The molecule has 1 aliphatic carbocycles. The van der Waals surface area contributed by atoms with Crippen molar-refractivity contribution in [2.24, 2.45) is 11.3 Å². The van der Waals surface area contributed by atoms with Crippen molar-refractivity contribution in [2.45, 2.75) is 33.0 Å². The number of hydrogen-bond donors (Lipinski definition) is 2. The van der Waals surface area contributed by atoms with Crippen molar-refractivity contribution < 1.29 is 18.0 Å². The lowest BCUT2D eigenvalue weighted by Crippen LogP contribution is -2.26. The first-order valence-corrected chi connectivity index (χ1v) is 5.46. The van der Waals surface area contributed by atoms with Crippen LogP contribution in [0.5, 0.6) is 0 Å². The minimum Gasteiger partial charge on any atom is -0.349 e. The number of alkyl halides is 3. The molecule has 1 amide bonds. The molecule has 1 fully saturated rings. The van der Waals surface area contributed by atoms with E-state index in [0.717, 1.165) is 6.42 Å². The third-order valence-corrected chi connectivity index (χ3v) is 3.05. The van der Waals surface area contributed by atoms with Crippen LogP contribution in [0.15, 0.2) is 0 Å². The van der Waals surface area contributed by atoms with Gasteiger partial charge in [0.05, 0.1) is 6.54 Å². The summed E-state index contributed by atoms with van der Waals surface area (Å²) in [7, 11) is 0. The van der Waals surface area contributed by atoms with E-state index in [2.05, 4.69) is 20.5 Å². The molecule has 0 aliphatic heterocycles. The highest BCUT2D eigenvalue weighted by molar-refractivity contribution is 5.82. The number of aromatic amines is 1. The van der Waals surface area contributed by atoms with Crippen LogP contribution in [0.2, 0.25) is 0 Å². The smallest absolute Gasteiger partial charge is 0.349 e. The zero-order valence-electron chi connectivity index (χ0n) is 9.93. The average Bonchev–Trinajstić information content (AvgIpc) is 2.70. The summed E-state index contributed by atoms with van der Waals surface area (Å²) in [5, 5.41) is 7.74. The van der Waals surface area contributed by atoms with Gasteiger partial charge in [-0.15, -0.1) is 5.10 Å². The molecule has 1 aliphatic rings. The van der Waals surface area contributed by atoms with E-state index in [1.807, 2.05) is 13.8 Å². The molecule has 2 rings (SSSR count). The number of hydrogen-bond acceptors (Lipinski definition) is 3. The highest BCUT2D eigenvalue weighted by atomic mass is 19.4. The van der Waals surface area contributed by atoms with Gasteiger partial charge < -0.3 is 5.32 Å². The van der Waals surface area contributed by atoms with Crippen LogP contribution in [0.1, 0.15) is 31.9 Å². The van der Waals surface area contributed by atoms with Gasteiger partial charge in [-0.25, -0.2) is 4.98 Å². The molecular weight excluding hydrogens is 249 g/mol. The highest BCUT2D eigenvalue weighted by Gasteiger charge is 2.50.